The van der Waals surface area contributed by atoms with Gasteiger partial charge in [-0.15, -0.1) is 0 Å². The first-order valence-corrected chi connectivity index (χ1v) is 7.55. The molecule has 0 aliphatic heterocycles. The van der Waals surface area contributed by atoms with E-state index in [0.717, 1.165) is 19.3 Å². The second-order valence-electron chi connectivity index (χ2n) is 6.60. The summed E-state index contributed by atoms with van der Waals surface area (Å²) in [5.41, 5.74) is -0.0512. The highest BCUT2D eigenvalue weighted by atomic mass is 16.3. The first-order valence-electron chi connectivity index (χ1n) is 7.55. The lowest BCUT2D eigenvalue weighted by Gasteiger charge is -2.29. The zero-order chi connectivity index (χ0) is 13.5. The lowest BCUT2D eigenvalue weighted by molar-refractivity contribution is 0.158. The summed E-state index contributed by atoms with van der Waals surface area (Å²) >= 11 is 0. The summed E-state index contributed by atoms with van der Waals surface area (Å²) in [5.74, 6) is 1.63. The lowest BCUT2D eigenvalue weighted by atomic mass is 9.98. The van der Waals surface area contributed by atoms with Gasteiger partial charge >= 0.3 is 0 Å². The van der Waals surface area contributed by atoms with Crippen molar-refractivity contribution in [3.8, 4) is 0 Å². The summed E-state index contributed by atoms with van der Waals surface area (Å²) in [6.07, 6.45) is 9.78. The minimum absolute atomic E-state index is 0.0512. The van der Waals surface area contributed by atoms with E-state index in [1.54, 1.807) is 0 Å². The Bertz CT molecular complexity index is 438. The van der Waals surface area contributed by atoms with Crippen LogP contribution in [0.3, 0.4) is 0 Å². The van der Waals surface area contributed by atoms with Gasteiger partial charge in [0.05, 0.1) is 6.61 Å². The summed E-state index contributed by atoms with van der Waals surface area (Å²) in [7, 11) is 0. The van der Waals surface area contributed by atoms with Crippen LogP contribution in [0.1, 0.15) is 63.7 Å². The van der Waals surface area contributed by atoms with E-state index in [1.165, 1.54) is 18.7 Å². The fourth-order valence-corrected chi connectivity index (χ4v) is 3.40. The van der Waals surface area contributed by atoms with Crippen LogP contribution in [-0.2, 0) is 0 Å². The van der Waals surface area contributed by atoms with Crippen LogP contribution in [0.25, 0.3) is 0 Å². The van der Waals surface area contributed by atoms with Crippen molar-refractivity contribution in [1.29, 1.82) is 0 Å². The second-order valence-corrected chi connectivity index (χ2v) is 6.60. The maximum atomic E-state index is 9.80. The summed E-state index contributed by atoms with van der Waals surface area (Å²) < 4.78 is 2.33. The van der Waals surface area contributed by atoms with E-state index in [-0.39, 0.29) is 12.1 Å². The number of aliphatic hydroxyl groups excluding tert-OH is 1. The average molecular weight is 263 g/mol. The summed E-state index contributed by atoms with van der Waals surface area (Å²) in [6, 6.07) is 1.14. The third-order valence-corrected chi connectivity index (χ3v) is 4.58. The van der Waals surface area contributed by atoms with Crippen LogP contribution in [0.2, 0.25) is 0 Å². The molecule has 2 saturated carbocycles. The first-order chi connectivity index (χ1) is 9.13. The van der Waals surface area contributed by atoms with E-state index in [1.807, 2.05) is 6.20 Å². The van der Waals surface area contributed by atoms with E-state index in [4.69, 9.17) is 0 Å². The van der Waals surface area contributed by atoms with Gasteiger partial charge in [0.15, 0.2) is 0 Å². The Labute approximate surface area is 115 Å². The van der Waals surface area contributed by atoms with E-state index in [0.29, 0.717) is 18.0 Å². The van der Waals surface area contributed by atoms with Gasteiger partial charge in [-0.3, -0.25) is 0 Å². The van der Waals surface area contributed by atoms with Gasteiger partial charge in [0.2, 0.25) is 0 Å². The molecule has 2 aliphatic carbocycles. The molecule has 2 N–H and O–H groups in total. The molecule has 106 valence electrons. The van der Waals surface area contributed by atoms with Crippen molar-refractivity contribution in [2.24, 2.45) is 0 Å². The Morgan fingerprint density at radius 3 is 2.89 bits per heavy atom. The molecule has 0 amide bonds. The van der Waals surface area contributed by atoms with Crippen molar-refractivity contribution in [1.82, 2.24) is 14.9 Å². The fraction of sp³-hybridized carbons (Fsp3) is 0.800. The standard InChI is InChI=1S/C15H25N3O/c1-11(2)14-16-7-8-18(14)13-5-6-15(9-13,10-19)17-12-3-4-12/h7-8,11-13,17,19H,3-6,9-10H2,1-2H3. The third kappa shape index (κ3) is 2.56. The van der Waals surface area contributed by atoms with Crippen LogP contribution in [0.15, 0.2) is 12.4 Å². The molecule has 19 heavy (non-hydrogen) atoms. The number of aromatic nitrogens is 2. The molecule has 4 heteroatoms. The van der Waals surface area contributed by atoms with Crippen molar-refractivity contribution in [3.05, 3.63) is 18.2 Å². The molecule has 0 radical (unpaired) electrons. The normalized spacial score (nSPS) is 31.3. The second kappa shape index (κ2) is 4.91. The van der Waals surface area contributed by atoms with Gasteiger partial charge in [-0.25, -0.2) is 4.98 Å². The van der Waals surface area contributed by atoms with Crippen LogP contribution in [0.5, 0.6) is 0 Å². The van der Waals surface area contributed by atoms with Crippen molar-refractivity contribution in [3.63, 3.8) is 0 Å². The highest BCUT2D eigenvalue weighted by molar-refractivity contribution is 5.07. The molecule has 3 rings (SSSR count). The van der Waals surface area contributed by atoms with E-state index in [2.05, 4.69) is 34.9 Å². The van der Waals surface area contributed by atoms with Gasteiger partial charge in [-0.2, -0.15) is 0 Å². The Kier molecular flexibility index (Phi) is 3.39. The van der Waals surface area contributed by atoms with Gasteiger partial charge in [-0.1, -0.05) is 13.8 Å². The first kappa shape index (κ1) is 13.1. The molecule has 2 atom stereocenters. The predicted octanol–water partition coefficient (Wildman–Crippen LogP) is 2.21. The molecular weight excluding hydrogens is 238 g/mol. The van der Waals surface area contributed by atoms with Crippen LogP contribution in [-0.4, -0.2) is 32.8 Å². The van der Waals surface area contributed by atoms with Crippen LogP contribution in [0.4, 0.5) is 0 Å². The Morgan fingerprint density at radius 1 is 1.47 bits per heavy atom. The van der Waals surface area contributed by atoms with E-state index >= 15 is 0 Å². The van der Waals surface area contributed by atoms with Crippen molar-refractivity contribution < 1.29 is 5.11 Å². The Balaban J connectivity index is 1.74. The van der Waals surface area contributed by atoms with Crippen molar-refractivity contribution in [2.75, 3.05) is 6.61 Å². The quantitative estimate of drug-likeness (QED) is 0.856. The highest BCUT2D eigenvalue weighted by Crippen LogP contribution is 2.40. The number of nitrogens with one attached hydrogen (secondary N) is 1. The molecule has 0 spiro atoms. The minimum Gasteiger partial charge on any atom is -0.394 e. The summed E-state index contributed by atoms with van der Waals surface area (Å²) in [4.78, 5) is 4.49. The highest BCUT2D eigenvalue weighted by Gasteiger charge is 2.42. The van der Waals surface area contributed by atoms with Gasteiger partial charge < -0.3 is 15.0 Å². The molecule has 2 fully saturated rings. The lowest BCUT2D eigenvalue weighted by Crippen LogP contribution is -2.47. The molecule has 1 aromatic heterocycles. The van der Waals surface area contributed by atoms with E-state index < -0.39 is 0 Å². The van der Waals surface area contributed by atoms with Gasteiger partial charge in [-0.05, 0) is 32.1 Å². The largest absolute Gasteiger partial charge is 0.394 e. The van der Waals surface area contributed by atoms with Crippen LogP contribution >= 0.6 is 0 Å². The molecule has 2 aliphatic rings. The van der Waals surface area contributed by atoms with Crippen molar-refractivity contribution >= 4 is 0 Å². The zero-order valence-corrected chi connectivity index (χ0v) is 12.0. The Hall–Kier alpha value is -0.870. The molecule has 2 unspecified atom stereocenters. The fourth-order valence-electron chi connectivity index (χ4n) is 3.40. The third-order valence-electron chi connectivity index (χ3n) is 4.58. The summed E-state index contributed by atoms with van der Waals surface area (Å²) in [5, 5.41) is 13.5. The number of imidazole rings is 1. The molecule has 1 heterocycles. The summed E-state index contributed by atoms with van der Waals surface area (Å²) in [6.45, 7) is 4.64. The molecule has 1 aromatic rings. The van der Waals surface area contributed by atoms with Gasteiger partial charge in [0.25, 0.3) is 0 Å². The minimum atomic E-state index is -0.0512. The monoisotopic (exact) mass is 263 g/mol. The van der Waals surface area contributed by atoms with Crippen LogP contribution in [0, 0.1) is 0 Å². The van der Waals surface area contributed by atoms with Crippen LogP contribution < -0.4 is 5.32 Å². The number of hydrogen-bond donors (Lipinski definition) is 2. The van der Waals surface area contributed by atoms with Crippen molar-refractivity contribution in [2.45, 2.75) is 69.5 Å². The molecular formula is C15H25N3O. The Morgan fingerprint density at radius 2 is 2.26 bits per heavy atom. The van der Waals surface area contributed by atoms with Gasteiger partial charge in [0, 0.05) is 35.9 Å². The van der Waals surface area contributed by atoms with E-state index in [9.17, 15) is 5.11 Å². The number of aliphatic hydroxyl groups is 1. The smallest absolute Gasteiger partial charge is 0.111 e. The topological polar surface area (TPSA) is 50.1 Å². The maximum absolute atomic E-state index is 9.80. The molecule has 0 aromatic carbocycles. The predicted molar refractivity (Wildman–Crippen MR) is 75.2 cm³/mol. The molecule has 0 bridgehead atoms. The molecule has 4 nitrogen and oxygen atoms in total. The SMILES string of the molecule is CC(C)c1nccn1C1CCC(CO)(NC2CC2)C1. The molecule has 0 saturated heterocycles. The number of hydrogen-bond acceptors (Lipinski definition) is 3. The zero-order valence-electron chi connectivity index (χ0n) is 12.0. The number of nitrogens with zero attached hydrogens (tertiary/aromatic N) is 2. The number of rotatable bonds is 5. The van der Waals surface area contributed by atoms with Gasteiger partial charge in [0.1, 0.15) is 5.82 Å². The maximum Gasteiger partial charge on any atom is 0.111 e. The average Bonchev–Trinajstić information content (AvgIpc) is 2.93.